The summed E-state index contributed by atoms with van der Waals surface area (Å²) in [4.78, 5) is 14.7. The zero-order chi connectivity index (χ0) is 13.4. The van der Waals surface area contributed by atoms with Gasteiger partial charge in [-0.3, -0.25) is 4.79 Å². The predicted molar refractivity (Wildman–Crippen MR) is 73.9 cm³/mol. The lowest BCUT2D eigenvalue weighted by Crippen LogP contribution is -2.53. The van der Waals surface area contributed by atoms with E-state index in [0.29, 0.717) is 11.9 Å². The van der Waals surface area contributed by atoms with E-state index in [1.807, 2.05) is 4.90 Å². The van der Waals surface area contributed by atoms with Crippen LogP contribution in [0.1, 0.15) is 46.0 Å². The van der Waals surface area contributed by atoms with E-state index in [4.69, 9.17) is 4.74 Å². The summed E-state index contributed by atoms with van der Waals surface area (Å²) < 4.78 is 5.71. The van der Waals surface area contributed by atoms with Crippen molar-refractivity contribution >= 4 is 5.91 Å². The number of nitrogens with zero attached hydrogens (tertiary/aromatic N) is 1. The average molecular weight is 266 g/mol. The number of amides is 1. The van der Waals surface area contributed by atoms with Gasteiger partial charge in [0, 0.05) is 19.1 Å². The molecule has 1 N–H and O–H groups in total. The Bertz CT molecular complexity index is 323. The monoisotopic (exact) mass is 266 g/mol. The molecule has 2 saturated heterocycles. The van der Waals surface area contributed by atoms with Crippen molar-refractivity contribution in [3.05, 3.63) is 0 Å². The minimum absolute atomic E-state index is 0.0607. The quantitative estimate of drug-likeness (QED) is 0.783. The number of carbonyl (C=O) groups excluding carboxylic acids is 1. The number of fused-ring (bicyclic) bond motifs is 1. The molecule has 5 unspecified atom stereocenters. The van der Waals surface area contributed by atoms with Crippen molar-refractivity contribution in [2.24, 2.45) is 5.92 Å². The van der Waals surface area contributed by atoms with Gasteiger partial charge < -0.3 is 15.0 Å². The minimum Gasteiger partial charge on any atom is -0.372 e. The summed E-state index contributed by atoms with van der Waals surface area (Å²) in [5.41, 5.74) is 0. The van der Waals surface area contributed by atoms with Crippen LogP contribution in [0.25, 0.3) is 0 Å². The maximum atomic E-state index is 12.6. The van der Waals surface area contributed by atoms with Gasteiger partial charge in [0.2, 0.25) is 5.91 Å². The van der Waals surface area contributed by atoms with E-state index in [-0.39, 0.29) is 18.2 Å². The molecule has 4 heteroatoms. The van der Waals surface area contributed by atoms with Crippen LogP contribution in [0.2, 0.25) is 0 Å². The Morgan fingerprint density at radius 1 is 1.16 bits per heavy atom. The summed E-state index contributed by atoms with van der Waals surface area (Å²) in [6.07, 6.45) is 6.59. The maximum Gasteiger partial charge on any atom is 0.239 e. The highest BCUT2D eigenvalue weighted by Crippen LogP contribution is 2.33. The van der Waals surface area contributed by atoms with Gasteiger partial charge in [-0.2, -0.15) is 0 Å². The van der Waals surface area contributed by atoms with Gasteiger partial charge in [0.15, 0.2) is 0 Å². The van der Waals surface area contributed by atoms with Crippen LogP contribution in [0.5, 0.6) is 0 Å². The first-order valence-corrected chi connectivity index (χ1v) is 7.84. The first-order valence-electron chi connectivity index (χ1n) is 7.84. The highest BCUT2D eigenvalue weighted by Gasteiger charge is 2.40. The molecule has 0 spiro atoms. The van der Waals surface area contributed by atoms with Crippen LogP contribution in [0.3, 0.4) is 0 Å². The number of hydrogen-bond acceptors (Lipinski definition) is 3. The molecule has 108 valence electrons. The molecule has 3 rings (SSSR count). The molecule has 0 aromatic rings. The van der Waals surface area contributed by atoms with E-state index in [1.165, 1.54) is 25.7 Å². The van der Waals surface area contributed by atoms with E-state index in [0.717, 1.165) is 25.4 Å². The van der Waals surface area contributed by atoms with Gasteiger partial charge >= 0.3 is 0 Å². The van der Waals surface area contributed by atoms with E-state index in [2.05, 4.69) is 19.2 Å². The van der Waals surface area contributed by atoms with E-state index < -0.39 is 0 Å². The van der Waals surface area contributed by atoms with Crippen molar-refractivity contribution in [3.63, 3.8) is 0 Å². The number of morpholine rings is 1. The number of rotatable bonds is 1. The summed E-state index contributed by atoms with van der Waals surface area (Å²) in [5, 5.41) is 3.59. The Hall–Kier alpha value is -0.610. The summed E-state index contributed by atoms with van der Waals surface area (Å²) in [5.74, 6) is 1.04. The fourth-order valence-electron chi connectivity index (χ4n) is 4.09. The second-order valence-electron chi connectivity index (χ2n) is 6.61. The molecular weight excluding hydrogens is 240 g/mol. The lowest BCUT2D eigenvalue weighted by atomic mass is 9.85. The molecule has 0 aromatic carbocycles. The van der Waals surface area contributed by atoms with Crippen LogP contribution in [0.4, 0.5) is 0 Å². The number of carbonyl (C=O) groups is 1. The summed E-state index contributed by atoms with van der Waals surface area (Å²) in [6.45, 7) is 5.60. The van der Waals surface area contributed by atoms with Gasteiger partial charge in [-0.15, -0.1) is 0 Å². The Labute approximate surface area is 115 Å². The fourth-order valence-corrected chi connectivity index (χ4v) is 4.09. The third kappa shape index (κ3) is 2.79. The third-order valence-electron chi connectivity index (χ3n) is 4.89. The molecule has 5 atom stereocenters. The molecule has 2 heterocycles. The van der Waals surface area contributed by atoms with Crippen LogP contribution >= 0.6 is 0 Å². The number of hydrogen-bond donors (Lipinski definition) is 1. The molecule has 0 bridgehead atoms. The Balaban J connectivity index is 1.61. The number of ether oxygens (including phenoxy) is 1. The molecule has 19 heavy (non-hydrogen) atoms. The Morgan fingerprint density at radius 2 is 1.84 bits per heavy atom. The van der Waals surface area contributed by atoms with Crippen molar-refractivity contribution in [2.45, 2.75) is 70.2 Å². The number of nitrogens with one attached hydrogen (secondary N) is 1. The van der Waals surface area contributed by atoms with Crippen molar-refractivity contribution in [2.75, 3.05) is 13.1 Å². The molecule has 1 amide bonds. The van der Waals surface area contributed by atoms with Gasteiger partial charge in [-0.05, 0) is 39.0 Å². The third-order valence-corrected chi connectivity index (χ3v) is 4.89. The second kappa shape index (κ2) is 5.41. The highest BCUT2D eigenvalue weighted by molar-refractivity contribution is 5.82. The fraction of sp³-hybridized carbons (Fsp3) is 0.933. The van der Waals surface area contributed by atoms with Gasteiger partial charge in [0.05, 0.1) is 18.2 Å². The molecule has 0 aromatic heterocycles. The van der Waals surface area contributed by atoms with Crippen LogP contribution in [-0.4, -0.2) is 48.2 Å². The molecule has 2 aliphatic heterocycles. The van der Waals surface area contributed by atoms with Crippen LogP contribution in [-0.2, 0) is 9.53 Å². The summed E-state index contributed by atoms with van der Waals surface area (Å²) in [7, 11) is 0. The van der Waals surface area contributed by atoms with Crippen molar-refractivity contribution in [1.82, 2.24) is 10.2 Å². The largest absolute Gasteiger partial charge is 0.372 e. The van der Waals surface area contributed by atoms with Crippen molar-refractivity contribution in [1.29, 1.82) is 0 Å². The lowest BCUT2D eigenvalue weighted by molar-refractivity contribution is -0.145. The first-order chi connectivity index (χ1) is 9.13. The molecule has 1 aliphatic carbocycles. The maximum absolute atomic E-state index is 12.6. The van der Waals surface area contributed by atoms with Gasteiger partial charge in [-0.1, -0.05) is 12.8 Å². The Morgan fingerprint density at radius 3 is 2.53 bits per heavy atom. The highest BCUT2D eigenvalue weighted by atomic mass is 16.5. The van der Waals surface area contributed by atoms with Crippen LogP contribution in [0, 0.1) is 5.92 Å². The SMILES string of the molecule is CC1CN(C(=O)C2CC3CCCCC3N2)CC(C)O1. The summed E-state index contributed by atoms with van der Waals surface area (Å²) >= 11 is 0. The van der Waals surface area contributed by atoms with E-state index >= 15 is 0 Å². The summed E-state index contributed by atoms with van der Waals surface area (Å²) in [6, 6.07) is 0.657. The minimum atomic E-state index is 0.0607. The molecule has 0 radical (unpaired) electrons. The van der Waals surface area contributed by atoms with Gasteiger partial charge in [-0.25, -0.2) is 0 Å². The smallest absolute Gasteiger partial charge is 0.239 e. The topological polar surface area (TPSA) is 41.6 Å². The van der Waals surface area contributed by atoms with Crippen molar-refractivity contribution < 1.29 is 9.53 Å². The normalized spacial score (nSPS) is 43.1. The molecule has 3 aliphatic rings. The Kier molecular flexibility index (Phi) is 3.81. The van der Waals surface area contributed by atoms with Gasteiger partial charge in [0.25, 0.3) is 0 Å². The first kappa shape index (κ1) is 13.4. The van der Waals surface area contributed by atoms with E-state index in [1.54, 1.807) is 0 Å². The molecule has 4 nitrogen and oxygen atoms in total. The predicted octanol–water partition coefficient (Wildman–Crippen LogP) is 1.54. The van der Waals surface area contributed by atoms with Gasteiger partial charge in [0.1, 0.15) is 0 Å². The van der Waals surface area contributed by atoms with Crippen LogP contribution < -0.4 is 5.32 Å². The second-order valence-corrected chi connectivity index (χ2v) is 6.61. The molecule has 3 fully saturated rings. The standard InChI is InChI=1S/C15H26N2O2/c1-10-8-17(9-11(2)19-10)15(18)14-7-12-5-3-4-6-13(12)16-14/h10-14,16H,3-9H2,1-2H3. The average Bonchev–Trinajstić information content (AvgIpc) is 2.80. The van der Waals surface area contributed by atoms with Crippen LogP contribution in [0.15, 0.2) is 0 Å². The molecule has 1 saturated carbocycles. The van der Waals surface area contributed by atoms with Crippen molar-refractivity contribution in [3.8, 4) is 0 Å². The lowest BCUT2D eigenvalue weighted by Gasteiger charge is -2.36. The zero-order valence-electron chi connectivity index (χ0n) is 12.1. The van der Waals surface area contributed by atoms with E-state index in [9.17, 15) is 4.79 Å². The molecular formula is C15H26N2O2. The zero-order valence-corrected chi connectivity index (χ0v) is 12.1.